The van der Waals surface area contributed by atoms with Crippen LogP contribution in [0.4, 0.5) is 8.78 Å². The van der Waals surface area contributed by atoms with Crippen molar-refractivity contribution in [2.75, 3.05) is 13.2 Å². The fourth-order valence-electron chi connectivity index (χ4n) is 4.59. The molecule has 4 rings (SSSR count). The third-order valence-corrected chi connectivity index (χ3v) is 6.62. The van der Waals surface area contributed by atoms with Crippen LogP contribution >= 0.6 is 0 Å². The molecule has 0 amide bonds. The van der Waals surface area contributed by atoms with E-state index in [-0.39, 0.29) is 24.4 Å². The minimum absolute atomic E-state index is 0.0100. The van der Waals surface area contributed by atoms with Crippen LogP contribution in [0.1, 0.15) is 71.6 Å². The van der Waals surface area contributed by atoms with Gasteiger partial charge in [0.1, 0.15) is 6.61 Å². The number of aliphatic imine (C=N–C) groups is 1. The van der Waals surface area contributed by atoms with Crippen LogP contribution < -0.4 is 0 Å². The summed E-state index contributed by atoms with van der Waals surface area (Å²) in [5, 5.41) is 9.54. The van der Waals surface area contributed by atoms with Gasteiger partial charge in [0, 0.05) is 11.1 Å². The van der Waals surface area contributed by atoms with Gasteiger partial charge >= 0.3 is 5.97 Å². The van der Waals surface area contributed by atoms with Crippen molar-refractivity contribution in [2.45, 2.75) is 64.8 Å². The number of ether oxygens (including phenoxy) is 3. The number of hydrogen-bond acceptors (Lipinski definition) is 5. The predicted molar refractivity (Wildman–Crippen MR) is 132 cm³/mol. The molecule has 0 spiro atoms. The average molecular weight is 500 g/mol. The molecule has 1 aliphatic heterocycles. The van der Waals surface area contributed by atoms with Gasteiger partial charge in [-0.3, -0.25) is 0 Å². The van der Waals surface area contributed by atoms with Crippen LogP contribution in [0, 0.1) is 6.92 Å². The minimum atomic E-state index is -2.56. The van der Waals surface area contributed by atoms with Gasteiger partial charge in [0.05, 0.1) is 36.7 Å². The van der Waals surface area contributed by atoms with Gasteiger partial charge in [-0.25, -0.2) is 18.6 Å². The Morgan fingerprint density at radius 2 is 1.83 bits per heavy atom. The summed E-state index contributed by atoms with van der Waals surface area (Å²) in [6, 6.07) is 11.5. The zero-order valence-electron chi connectivity index (χ0n) is 20.5. The molecule has 2 aromatic carbocycles. The summed E-state index contributed by atoms with van der Waals surface area (Å²) in [7, 11) is 0. The molecule has 2 unspecified atom stereocenters. The lowest BCUT2D eigenvalue weighted by Gasteiger charge is -2.30. The lowest BCUT2D eigenvalue weighted by Crippen LogP contribution is -2.29. The highest BCUT2D eigenvalue weighted by Crippen LogP contribution is 2.27. The van der Waals surface area contributed by atoms with E-state index < -0.39 is 12.4 Å². The van der Waals surface area contributed by atoms with Gasteiger partial charge in [-0.1, -0.05) is 30.3 Å². The zero-order valence-corrected chi connectivity index (χ0v) is 20.5. The molecule has 0 aromatic heterocycles. The number of nitrogens with zero attached hydrogens (tertiary/aromatic N) is 1. The van der Waals surface area contributed by atoms with Gasteiger partial charge in [-0.2, -0.15) is 0 Å². The Morgan fingerprint density at radius 3 is 2.56 bits per heavy atom. The van der Waals surface area contributed by atoms with E-state index in [9.17, 15) is 18.7 Å². The number of aryl methyl sites for hydroxylation is 1. The van der Waals surface area contributed by atoms with E-state index in [4.69, 9.17) is 14.2 Å². The number of halogens is 2. The normalized spacial score (nSPS) is 20.3. The molecule has 2 atom stereocenters. The first-order valence-electron chi connectivity index (χ1n) is 12.2. The monoisotopic (exact) mass is 499 g/mol. The lowest BCUT2D eigenvalue weighted by atomic mass is 9.94. The van der Waals surface area contributed by atoms with E-state index in [1.54, 1.807) is 31.2 Å². The van der Waals surface area contributed by atoms with E-state index in [0.29, 0.717) is 42.2 Å². The van der Waals surface area contributed by atoms with E-state index in [1.807, 2.05) is 13.0 Å². The second kappa shape index (κ2) is 11.8. The number of carbonyl (C=O) groups is 1. The second-order valence-electron chi connectivity index (χ2n) is 9.31. The SMILES string of the molecule is CC1=C(COC2CCCC(OCc3cccc(C)c3C(=O)O)C2)N=C(c2cccc(C(F)F)c2)OC1. The summed E-state index contributed by atoms with van der Waals surface area (Å²) in [5.41, 5.74) is 3.82. The van der Waals surface area contributed by atoms with Crippen molar-refractivity contribution in [1.82, 2.24) is 0 Å². The second-order valence-corrected chi connectivity index (χ2v) is 9.31. The number of rotatable bonds is 9. The van der Waals surface area contributed by atoms with Crippen molar-refractivity contribution < 1.29 is 32.9 Å². The third-order valence-electron chi connectivity index (χ3n) is 6.62. The van der Waals surface area contributed by atoms with E-state index in [0.717, 1.165) is 36.1 Å². The number of aromatic carboxylic acids is 1. The Morgan fingerprint density at radius 1 is 1.11 bits per heavy atom. The van der Waals surface area contributed by atoms with Gasteiger partial charge in [-0.05, 0) is 68.4 Å². The van der Waals surface area contributed by atoms with Crippen LogP contribution in [0.25, 0.3) is 0 Å². The maximum atomic E-state index is 13.1. The molecule has 1 saturated carbocycles. The fourth-order valence-corrected chi connectivity index (χ4v) is 4.59. The number of carboxylic acid groups (broad SMARTS) is 1. The number of alkyl halides is 2. The molecule has 1 aliphatic carbocycles. The molecule has 1 fully saturated rings. The molecule has 6 nitrogen and oxygen atoms in total. The molecule has 36 heavy (non-hydrogen) atoms. The van der Waals surface area contributed by atoms with Crippen molar-refractivity contribution in [2.24, 2.45) is 4.99 Å². The predicted octanol–water partition coefficient (Wildman–Crippen LogP) is 6.23. The summed E-state index contributed by atoms with van der Waals surface area (Å²) in [6.07, 6.45) is 0.871. The lowest BCUT2D eigenvalue weighted by molar-refractivity contribution is -0.0458. The number of carboxylic acids is 1. The van der Waals surface area contributed by atoms with Crippen molar-refractivity contribution in [3.8, 4) is 0 Å². The quantitative estimate of drug-likeness (QED) is 0.443. The molecule has 1 N–H and O–H groups in total. The first-order chi connectivity index (χ1) is 17.3. The van der Waals surface area contributed by atoms with Gasteiger partial charge in [0.15, 0.2) is 0 Å². The van der Waals surface area contributed by atoms with Crippen molar-refractivity contribution in [3.63, 3.8) is 0 Å². The molecule has 8 heteroatoms. The van der Waals surface area contributed by atoms with Crippen LogP contribution in [0.15, 0.2) is 58.7 Å². The highest BCUT2D eigenvalue weighted by molar-refractivity contribution is 5.95. The number of hydrogen-bond donors (Lipinski definition) is 1. The molecule has 1 heterocycles. The average Bonchev–Trinajstić information content (AvgIpc) is 2.87. The van der Waals surface area contributed by atoms with Gasteiger partial charge in [-0.15, -0.1) is 0 Å². The van der Waals surface area contributed by atoms with Crippen LogP contribution in [0.5, 0.6) is 0 Å². The molecule has 0 saturated heterocycles. The topological polar surface area (TPSA) is 77.4 Å². The van der Waals surface area contributed by atoms with Crippen LogP contribution in [0.3, 0.4) is 0 Å². The number of benzene rings is 2. The Bertz CT molecular complexity index is 1160. The Balaban J connectivity index is 1.35. The third kappa shape index (κ3) is 6.36. The zero-order chi connectivity index (χ0) is 25.7. The van der Waals surface area contributed by atoms with E-state index in [2.05, 4.69) is 4.99 Å². The van der Waals surface area contributed by atoms with Crippen LogP contribution in [0.2, 0.25) is 0 Å². The van der Waals surface area contributed by atoms with Gasteiger partial charge in [0.25, 0.3) is 6.43 Å². The molecular formula is C28H31F2NO5. The molecule has 2 aromatic rings. The highest BCUT2D eigenvalue weighted by Gasteiger charge is 2.25. The minimum Gasteiger partial charge on any atom is -0.478 e. The van der Waals surface area contributed by atoms with Gasteiger partial charge < -0.3 is 19.3 Å². The standard InChI is InChI=1S/C28H31F2NO5/c1-17-6-3-9-21(25(17)28(32)33)15-34-22-10-5-11-23(13-22)35-16-24-18(2)14-36-27(31-24)20-8-4-7-19(12-20)26(29)30/h3-4,6-9,12,22-23,26H,5,10-11,13-16H2,1-2H3,(H,32,33). The summed E-state index contributed by atoms with van der Waals surface area (Å²) in [4.78, 5) is 16.2. The van der Waals surface area contributed by atoms with Crippen molar-refractivity contribution in [1.29, 1.82) is 0 Å². The van der Waals surface area contributed by atoms with Crippen LogP contribution in [-0.2, 0) is 20.8 Å². The Hall–Kier alpha value is -3.10. The molecule has 0 radical (unpaired) electrons. The maximum absolute atomic E-state index is 13.1. The highest BCUT2D eigenvalue weighted by atomic mass is 19.3. The first-order valence-corrected chi connectivity index (χ1v) is 12.2. The smallest absolute Gasteiger partial charge is 0.336 e. The summed E-state index contributed by atoms with van der Waals surface area (Å²) >= 11 is 0. The molecule has 0 bridgehead atoms. The van der Waals surface area contributed by atoms with Crippen LogP contribution in [-0.4, -0.2) is 42.4 Å². The Labute approximate surface area is 209 Å². The molecular weight excluding hydrogens is 468 g/mol. The summed E-state index contributed by atoms with van der Waals surface area (Å²) in [6.45, 7) is 4.57. The Kier molecular flexibility index (Phi) is 8.48. The summed E-state index contributed by atoms with van der Waals surface area (Å²) < 4.78 is 44.2. The van der Waals surface area contributed by atoms with Gasteiger partial charge in [0.2, 0.25) is 5.90 Å². The van der Waals surface area contributed by atoms with Crippen molar-refractivity contribution in [3.05, 3.63) is 81.6 Å². The fraction of sp³-hybridized carbons (Fsp3) is 0.429. The van der Waals surface area contributed by atoms with E-state index in [1.165, 1.54) is 12.1 Å². The first kappa shape index (κ1) is 26.0. The summed E-state index contributed by atoms with van der Waals surface area (Å²) in [5.74, 6) is -0.628. The molecule has 2 aliphatic rings. The molecule has 192 valence electrons. The maximum Gasteiger partial charge on any atom is 0.336 e. The van der Waals surface area contributed by atoms with Crippen molar-refractivity contribution >= 4 is 11.9 Å². The van der Waals surface area contributed by atoms with E-state index >= 15 is 0 Å². The largest absolute Gasteiger partial charge is 0.478 e.